The Bertz CT molecular complexity index is 878. The number of benzene rings is 2. The molecule has 0 radical (unpaired) electrons. The summed E-state index contributed by atoms with van der Waals surface area (Å²) in [5.41, 5.74) is 1.90. The maximum atomic E-state index is 12.1. The van der Waals surface area contributed by atoms with Gasteiger partial charge in [-0.15, -0.1) is 0 Å². The van der Waals surface area contributed by atoms with E-state index in [1.807, 2.05) is 37.3 Å². The lowest BCUT2D eigenvalue weighted by Crippen LogP contribution is -2.36. The SMILES string of the molecule is Cc1ccc(S(=O)(=O)NCCNS(=O)(=O)CCc2ccccc2)cc1. The van der Waals surface area contributed by atoms with Gasteiger partial charge in [0.2, 0.25) is 20.0 Å². The highest BCUT2D eigenvalue weighted by molar-refractivity contribution is 7.89. The third-order valence-corrected chi connectivity index (χ3v) is 6.44. The molecule has 0 atom stereocenters. The fourth-order valence-corrected chi connectivity index (χ4v) is 4.26. The van der Waals surface area contributed by atoms with Crippen molar-refractivity contribution in [2.75, 3.05) is 18.8 Å². The Balaban J connectivity index is 1.78. The zero-order chi connectivity index (χ0) is 18.3. The number of rotatable bonds is 9. The van der Waals surface area contributed by atoms with E-state index >= 15 is 0 Å². The second-order valence-electron chi connectivity index (χ2n) is 5.66. The minimum atomic E-state index is -3.63. The van der Waals surface area contributed by atoms with Gasteiger partial charge in [-0.1, -0.05) is 48.0 Å². The van der Waals surface area contributed by atoms with Crippen molar-refractivity contribution >= 4 is 20.0 Å². The highest BCUT2D eigenvalue weighted by Gasteiger charge is 2.14. The fraction of sp³-hybridized carbons (Fsp3) is 0.294. The van der Waals surface area contributed by atoms with Gasteiger partial charge in [-0.25, -0.2) is 26.3 Å². The monoisotopic (exact) mass is 382 g/mol. The molecule has 8 heteroatoms. The van der Waals surface area contributed by atoms with Crippen LogP contribution < -0.4 is 9.44 Å². The molecule has 0 fully saturated rings. The lowest BCUT2D eigenvalue weighted by molar-refractivity contribution is 0.570. The van der Waals surface area contributed by atoms with Crippen LogP contribution in [-0.2, 0) is 26.5 Å². The molecule has 0 bridgehead atoms. The summed E-state index contributed by atoms with van der Waals surface area (Å²) < 4.78 is 52.9. The molecule has 0 aliphatic rings. The van der Waals surface area contributed by atoms with Crippen LogP contribution in [0.5, 0.6) is 0 Å². The predicted molar refractivity (Wildman–Crippen MR) is 98.3 cm³/mol. The molecule has 0 saturated carbocycles. The standard InChI is InChI=1S/C17H22N2O4S2/c1-15-7-9-17(10-8-15)25(22,23)19-13-12-18-24(20,21)14-11-16-5-3-2-4-6-16/h2-10,18-19H,11-14H2,1H3. The number of sulfonamides is 2. The molecule has 25 heavy (non-hydrogen) atoms. The Morgan fingerprint density at radius 2 is 1.40 bits per heavy atom. The Kier molecular flexibility index (Phi) is 6.71. The van der Waals surface area contributed by atoms with Gasteiger partial charge >= 0.3 is 0 Å². The first kappa shape index (κ1) is 19.6. The summed E-state index contributed by atoms with van der Waals surface area (Å²) in [4.78, 5) is 0.157. The number of nitrogens with one attached hydrogen (secondary N) is 2. The zero-order valence-electron chi connectivity index (χ0n) is 14.0. The molecule has 0 unspecified atom stereocenters. The quantitative estimate of drug-likeness (QED) is 0.642. The van der Waals surface area contributed by atoms with Gasteiger partial charge in [-0.05, 0) is 31.0 Å². The van der Waals surface area contributed by atoms with E-state index in [4.69, 9.17) is 0 Å². The van der Waals surface area contributed by atoms with Gasteiger partial charge in [-0.3, -0.25) is 0 Å². The molecular formula is C17H22N2O4S2. The van der Waals surface area contributed by atoms with E-state index in [9.17, 15) is 16.8 Å². The summed E-state index contributed by atoms with van der Waals surface area (Å²) in [6.45, 7) is 1.86. The van der Waals surface area contributed by atoms with Gasteiger partial charge in [0.25, 0.3) is 0 Å². The van der Waals surface area contributed by atoms with Crippen LogP contribution in [-0.4, -0.2) is 35.7 Å². The minimum Gasteiger partial charge on any atom is -0.214 e. The van der Waals surface area contributed by atoms with Crippen LogP contribution in [0.15, 0.2) is 59.5 Å². The molecule has 2 rings (SSSR count). The maximum Gasteiger partial charge on any atom is 0.240 e. The van der Waals surface area contributed by atoms with E-state index in [1.54, 1.807) is 12.1 Å². The molecule has 0 aliphatic carbocycles. The molecule has 0 heterocycles. The summed E-state index contributed by atoms with van der Waals surface area (Å²) in [5, 5.41) is 0. The van der Waals surface area contributed by atoms with Crippen molar-refractivity contribution in [1.29, 1.82) is 0 Å². The Hall–Kier alpha value is -1.74. The summed E-state index contributed by atoms with van der Waals surface area (Å²) in [6, 6.07) is 15.8. The van der Waals surface area contributed by atoms with Crippen molar-refractivity contribution in [1.82, 2.24) is 9.44 Å². The van der Waals surface area contributed by atoms with Crippen LogP contribution in [0, 0.1) is 6.92 Å². The van der Waals surface area contributed by atoms with Gasteiger partial charge in [0, 0.05) is 13.1 Å². The molecule has 0 amide bonds. The van der Waals surface area contributed by atoms with Crippen molar-refractivity contribution < 1.29 is 16.8 Å². The van der Waals surface area contributed by atoms with E-state index in [0.717, 1.165) is 11.1 Å². The van der Waals surface area contributed by atoms with Gasteiger partial charge in [0.15, 0.2) is 0 Å². The van der Waals surface area contributed by atoms with Gasteiger partial charge < -0.3 is 0 Å². The molecule has 0 saturated heterocycles. The van der Waals surface area contributed by atoms with Crippen molar-refractivity contribution in [2.45, 2.75) is 18.2 Å². The van der Waals surface area contributed by atoms with Crippen molar-refractivity contribution in [3.63, 3.8) is 0 Å². The Morgan fingerprint density at radius 1 is 0.800 bits per heavy atom. The third kappa shape index (κ3) is 6.58. The molecule has 136 valence electrons. The smallest absolute Gasteiger partial charge is 0.214 e. The molecule has 0 aliphatic heterocycles. The molecule has 6 nitrogen and oxygen atoms in total. The normalized spacial score (nSPS) is 12.2. The first-order valence-electron chi connectivity index (χ1n) is 7.86. The molecule has 0 aromatic heterocycles. The second kappa shape index (κ2) is 8.57. The van der Waals surface area contributed by atoms with Crippen LogP contribution in [0.25, 0.3) is 0 Å². The number of hydrogen-bond donors (Lipinski definition) is 2. The van der Waals surface area contributed by atoms with E-state index in [-0.39, 0.29) is 23.7 Å². The van der Waals surface area contributed by atoms with E-state index < -0.39 is 20.0 Å². The van der Waals surface area contributed by atoms with Crippen LogP contribution >= 0.6 is 0 Å². The predicted octanol–water partition coefficient (Wildman–Crippen LogP) is 1.44. The first-order valence-corrected chi connectivity index (χ1v) is 11.0. The van der Waals surface area contributed by atoms with Crippen molar-refractivity contribution in [2.24, 2.45) is 0 Å². The molecule has 2 N–H and O–H groups in total. The van der Waals surface area contributed by atoms with Crippen molar-refractivity contribution in [3.05, 3.63) is 65.7 Å². The van der Waals surface area contributed by atoms with E-state index in [1.165, 1.54) is 12.1 Å². The lowest BCUT2D eigenvalue weighted by Gasteiger charge is -2.09. The largest absolute Gasteiger partial charge is 0.240 e. The fourth-order valence-electron chi connectivity index (χ4n) is 2.16. The molecule has 2 aromatic carbocycles. The van der Waals surface area contributed by atoms with Gasteiger partial charge in [0.05, 0.1) is 10.6 Å². The highest BCUT2D eigenvalue weighted by Crippen LogP contribution is 2.09. The first-order chi connectivity index (χ1) is 11.8. The van der Waals surface area contributed by atoms with Crippen LogP contribution in [0.3, 0.4) is 0 Å². The highest BCUT2D eigenvalue weighted by atomic mass is 32.2. The van der Waals surface area contributed by atoms with Crippen LogP contribution in [0.2, 0.25) is 0 Å². The molecule has 0 spiro atoms. The zero-order valence-corrected chi connectivity index (χ0v) is 15.6. The number of hydrogen-bond acceptors (Lipinski definition) is 4. The Morgan fingerprint density at radius 3 is 2.04 bits per heavy atom. The summed E-state index contributed by atoms with van der Waals surface area (Å²) in [7, 11) is -7.09. The third-order valence-electron chi connectivity index (χ3n) is 3.57. The van der Waals surface area contributed by atoms with Crippen LogP contribution in [0.1, 0.15) is 11.1 Å². The van der Waals surface area contributed by atoms with Crippen LogP contribution in [0.4, 0.5) is 0 Å². The topological polar surface area (TPSA) is 92.3 Å². The second-order valence-corrected chi connectivity index (χ2v) is 9.35. The van der Waals surface area contributed by atoms with Gasteiger partial charge in [0.1, 0.15) is 0 Å². The average molecular weight is 383 g/mol. The summed E-state index contributed by atoms with van der Waals surface area (Å²) in [5.74, 6) is -0.0400. The summed E-state index contributed by atoms with van der Waals surface area (Å²) in [6.07, 6.45) is 0.408. The van der Waals surface area contributed by atoms with Crippen molar-refractivity contribution in [3.8, 4) is 0 Å². The van der Waals surface area contributed by atoms with E-state index in [2.05, 4.69) is 9.44 Å². The average Bonchev–Trinajstić information content (AvgIpc) is 2.58. The number of aryl methyl sites for hydroxylation is 2. The minimum absolute atomic E-state index is 0.00220. The van der Waals surface area contributed by atoms with E-state index in [0.29, 0.717) is 6.42 Å². The summed E-state index contributed by atoms with van der Waals surface area (Å²) >= 11 is 0. The molecular weight excluding hydrogens is 360 g/mol. The lowest BCUT2D eigenvalue weighted by atomic mass is 10.2. The Labute approximate surface area is 149 Å². The maximum absolute atomic E-state index is 12.1. The van der Waals surface area contributed by atoms with Gasteiger partial charge in [-0.2, -0.15) is 0 Å². The molecule has 2 aromatic rings.